The van der Waals surface area contributed by atoms with E-state index in [1.807, 2.05) is 48.5 Å². The van der Waals surface area contributed by atoms with Crippen molar-refractivity contribution in [1.29, 1.82) is 0 Å². The van der Waals surface area contributed by atoms with Gasteiger partial charge in [-0.25, -0.2) is 0 Å². The average molecular weight is 211 g/mol. The molecule has 0 amide bonds. The third-order valence-electron chi connectivity index (χ3n) is 2.28. The minimum absolute atomic E-state index is 0.660. The van der Waals surface area contributed by atoms with E-state index in [-0.39, 0.29) is 0 Å². The highest BCUT2D eigenvalue weighted by Gasteiger charge is 1.95. The molecule has 4 N–H and O–H groups in total. The molecular weight excluding hydrogens is 198 g/mol. The number of para-hydroxylation sites is 3. The van der Waals surface area contributed by atoms with E-state index in [0.717, 1.165) is 11.3 Å². The lowest BCUT2D eigenvalue weighted by molar-refractivity contribution is 1.52. The van der Waals surface area contributed by atoms with Crippen molar-refractivity contribution < 1.29 is 0 Å². The van der Waals surface area contributed by atoms with Crippen molar-refractivity contribution in [3.8, 4) is 0 Å². The van der Waals surface area contributed by atoms with Gasteiger partial charge in [-0.1, -0.05) is 30.3 Å². The van der Waals surface area contributed by atoms with Crippen molar-refractivity contribution in [2.45, 2.75) is 0 Å². The highest BCUT2D eigenvalue weighted by atomic mass is 14.8. The van der Waals surface area contributed by atoms with Gasteiger partial charge in [-0.3, -0.25) is 4.99 Å². The lowest BCUT2D eigenvalue weighted by Gasteiger charge is -2.00. The first-order valence-corrected chi connectivity index (χ1v) is 5.00. The monoisotopic (exact) mass is 211 g/mol. The maximum absolute atomic E-state index is 5.80. The van der Waals surface area contributed by atoms with Crippen LogP contribution < -0.4 is 11.5 Å². The first kappa shape index (κ1) is 10.2. The summed E-state index contributed by atoms with van der Waals surface area (Å²) in [7, 11) is 0. The molecule has 3 heteroatoms. The van der Waals surface area contributed by atoms with Crippen molar-refractivity contribution in [1.82, 2.24) is 0 Å². The summed E-state index contributed by atoms with van der Waals surface area (Å²) in [5.41, 5.74) is 14.6. The van der Waals surface area contributed by atoms with Crippen LogP contribution in [0.5, 0.6) is 0 Å². The third-order valence-corrected chi connectivity index (χ3v) is 2.28. The molecule has 0 heterocycles. The van der Waals surface area contributed by atoms with Gasteiger partial charge < -0.3 is 11.5 Å². The maximum Gasteiger partial charge on any atom is 0.0859 e. The Morgan fingerprint density at radius 1 is 0.812 bits per heavy atom. The van der Waals surface area contributed by atoms with Crippen molar-refractivity contribution >= 4 is 23.3 Å². The van der Waals surface area contributed by atoms with Gasteiger partial charge in [0.05, 0.1) is 11.4 Å². The molecule has 0 aliphatic carbocycles. The average Bonchev–Trinajstić information content (AvgIpc) is 2.30. The second-order valence-corrected chi connectivity index (χ2v) is 3.45. The first-order valence-electron chi connectivity index (χ1n) is 5.00. The summed E-state index contributed by atoms with van der Waals surface area (Å²) >= 11 is 0. The largest absolute Gasteiger partial charge is 0.398 e. The predicted molar refractivity (Wildman–Crippen MR) is 69.0 cm³/mol. The fraction of sp³-hybridized carbons (Fsp3) is 0. The van der Waals surface area contributed by atoms with E-state index in [1.165, 1.54) is 0 Å². The minimum Gasteiger partial charge on any atom is -0.398 e. The van der Waals surface area contributed by atoms with E-state index in [2.05, 4.69) is 4.99 Å². The Hall–Kier alpha value is -2.29. The van der Waals surface area contributed by atoms with Crippen LogP contribution in [-0.2, 0) is 0 Å². The molecule has 0 radical (unpaired) electrons. The SMILES string of the molecule is Nc1ccccc1C=Nc1ccccc1N. The third kappa shape index (κ3) is 2.20. The summed E-state index contributed by atoms with van der Waals surface area (Å²) in [6.45, 7) is 0. The molecule has 2 rings (SSSR count). The Bertz CT molecular complexity index is 471. The van der Waals surface area contributed by atoms with E-state index in [1.54, 1.807) is 6.21 Å². The Morgan fingerprint density at radius 3 is 2.12 bits per heavy atom. The fourth-order valence-electron chi connectivity index (χ4n) is 1.37. The van der Waals surface area contributed by atoms with Crippen LogP contribution in [0.2, 0.25) is 0 Å². The highest BCUT2D eigenvalue weighted by molar-refractivity contribution is 5.89. The zero-order valence-electron chi connectivity index (χ0n) is 8.80. The number of hydrogen-bond donors (Lipinski definition) is 2. The van der Waals surface area contributed by atoms with Gasteiger partial charge in [0.25, 0.3) is 0 Å². The Balaban J connectivity index is 2.29. The molecule has 0 saturated heterocycles. The second kappa shape index (κ2) is 4.49. The van der Waals surface area contributed by atoms with E-state index in [4.69, 9.17) is 11.5 Å². The number of rotatable bonds is 2. The number of anilines is 2. The number of hydrogen-bond acceptors (Lipinski definition) is 3. The standard InChI is InChI=1S/C13H13N3/c14-11-6-2-1-5-10(11)9-16-13-8-4-3-7-12(13)15/h1-9H,14-15H2. The zero-order chi connectivity index (χ0) is 11.4. The first-order chi connectivity index (χ1) is 7.77. The minimum atomic E-state index is 0.660. The number of benzene rings is 2. The van der Waals surface area contributed by atoms with Crippen molar-refractivity contribution in [3.05, 3.63) is 54.1 Å². The van der Waals surface area contributed by atoms with Crippen LogP contribution in [0.25, 0.3) is 0 Å². The normalized spacial score (nSPS) is 10.8. The Labute approximate surface area is 94.4 Å². The van der Waals surface area contributed by atoms with Gasteiger partial charge in [0.2, 0.25) is 0 Å². The summed E-state index contributed by atoms with van der Waals surface area (Å²) in [4.78, 5) is 4.31. The molecule has 2 aromatic rings. The van der Waals surface area contributed by atoms with E-state index >= 15 is 0 Å². The smallest absolute Gasteiger partial charge is 0.0859 e. The van der Waals surface area contributed by atoms with Crippen LogP contribution in [0.1, 0.15) is 5.56 Å². The zero-order valence-corrected chi connectivity index (χ0v) is 8.80. The summed E-state index contributed by atoms with van der Waals surface area (Å²) in [6.07, 6.45) is 1.72. The summed E-state index contributed by atoms with van der Waals surface area (Å²) in [5.74, 6) is 0. The van der Waals surface area contributed by atoms with E-state index in [0.29, 0.717) is 11.4 Å². The van der Waals surface area contributed by atoms with Gasteiger partial charge in [-0.05, 0) is 18.2 Å². The van der Waals surface area contributed by atoms with Crippen LogP contribution in [0.15, 0.2) is 53.5 Å². The van der Waals surface area contributed by atoms with Gasteiger partial charge in [-0.2, -0.15) is 0 Å². The van der Waals surface area contributed by atoms with Crippen LogP contribution in [0.3, 0.4) is 0 Å². The molecule has 0 aliphatic rings. The molecule has 0 spiro atoms. The van der Waals surface area contributed by atoms with Gasteiger partial charge in [0, 0.05) is 17.5 Å². The number of aliphatic imine (C=N–C) groups is 1. The van der Waals surface area contributed by atoms with Gasteiger partial charge in [0.1, 0.15) is 0 Å². The van der Waals surface area contributed by atoms with Crippen LogP contribution in [-0.4, -0.2) is 6.21 Å². The highest BCUT2D eigenvalue weighted by Crippen LogP contribution is 2.20. The fourth-order valence-corrected chi connectivity index (χ4v) is 1.37. The molecule has 0 unspecified atom stereocenters. The lowest BCUT2D eigenvalue weighted by Crippen LogP contribution is -1.92. The Kier molecular flexibility index (Phi) is 2.87. The summed E-state index contributed by atoms with van der Waals surface area (Å²) < 4.78 is 0. The molecule has 0 saturated carbocycles. The molecule has 3 nitrogen and oxygen atoms in total. The summed E-state index contributed by atoms with van der Waals surface area (Å²) in [6, 6.07) is 15.0. The molecule has 80 valence electrons. The van der Waals surface area contributed by atoms with Gasteiger partial charge in [-0.15, -0.1) is 0 Å². The number of nitrogen functional groups attached to an aromatic ring is 2. The van der Waals surface area contributed by atoms with Crippen LogP contribution in [0, 0.1) is 0 Å². The topological polar surface area (TPSA) is 64.4 Å². The molecular formula is C13H13N3. The number of nitrogens with two attached hydrogens (primary N) is 2. The van der Waals surface area contributed by atoms with Crippen LogP contribution >= 0.6 is 0 Å². The Morgan fingerprint density at radius 2 is 1.44 bits per heavy atom. The second-order valence-electron chi connectivity index (χ2n) is 3.45. The molecule has 16 heavy (non-hydrogen) atoms. The molecule has 0 aliphatic heterocycles. The lowest BCUT2D eigenvalue weighted by atomic mass is 10.2. The van der Waals surface area contributed by atoms with Crippen molar-refractivity contribution in [2.75, 3.05) is 11.5 Å². The quantitative estimate of drug-likeness (QED) is 0.592. The predicted octanol–water partition coefficient (Wildman–Crippen LogP) is 2.60. The number of nitrogens with zero attached hydrogens (tertiary/aromatic N) is 1. The molecule has 0 bridgehead atoms. The van der Waals surface area contributed by atoms with Gasteiger partial charge >= 0.3 is 0 Å². The maximum atomic E-state index is 5.80. The summed E-state index contributed by atoms with van der Waals surface area (Å²) in [5, 5.41) is 0. The van der Waals surface area contributed by atoms with Gasteiger partial charge in [0.15, 0.2) is 0 Å². The van der Waals surface area contributed by atoms with Crippen molar-refractivity contribution in [2.24, 2.45) is 4.99 Å². The van der Waals surface area contributed by atoms with E-state index < -0.39 is 0 Å². The molecule has 0 aromatic heterocycles. The van der Waals surface area contributed by atoms with Crippen LogP contribution in [0.4, 0.5) is 17.1 Å². The molecule has 2 aromatic carbocycles. The van der Waals surface area contributed by atoms with E-state index in [9.17, 15) is 0 Å². The van der Waals surface area contributed by atoms with Crippen molar-refractivity contribution in [3.63, 3.8) is 0 Å². The molecule has 0 atom stereocenters. The molecule has 0 fully saturated rings.